The monoisotopic (exact) mass is 323 g/mol. The lowest BCUT2D eigenvalue weighted by molar-refractivity contribution is -0.168. The fraction of sp³-hybridized carbons (Fsp3) is 0.833. The quantitative estimate of drug-likeness (QED) is 0.771. The molecule has 0 spiro atoms. The highest BCUT2D eigenvalue weighted by Crippen LogP contribution is 2.52. The van der Waals surface area contributed by atoms with Crippen LogP contribution in [0.4, 0.5) is 0 Å². The average Bonchev–Trinajstić information content (AvgIpc) is 2.80. The minimum Gasteiger partial charge on any atom is -0.394 e. The Morgan fingerprint density at radius 3 is 2.48 bits per heavy atom. The summed E-state index contributed by atoms with van der Waals surface area (Å²) in [6.45, 7) is 12.5. The average molecular weight is 323 g/mol. The van der Waals surface area contributed by atoms with Crippen LogP contribution in [-0.4, -0.2) is 40.7 Å². The zero-order chi connectivity index (χ0) is 17.2. The topological polar surface area (TPSA) is 59.3 Å². The van der Waals surface area contributed by atoms with Gasteiger partial charge in [0.05, 0.1) is 24.9 Å². The molecule has 0 amide bonds. The summed E-state index contributed by atoms with van der Waals surface area (Å²) in [4.78, 5) is 0. The minimum absolute atomic E-state index is 0.124. The number of nitrogens with one attached hydrogen (secondary N) is 1. The van der Waals surface area contributed by atoms with Gasteiger partial charge in [-0.2, -0.15) is 5.10 Å². The van der Waals surface area contributed by atoms with Crippen LogP contribution in [0.3, 0.4) is 0 Å². The van der Waals surface area contributed by atoms with Gasteiger partial charge in [-0.25, -0.2) is 0 Å². The highest BCUT2D eigenvalue weighted by molar-refractivity contribution is 5.25. The Hall–Kier alpha value is -0.910. The van der Waals surface area contributed by atoms with Gasteiger partial charge in [-0.3, -0.25) is 4.68 Å². The lowest BCUT2D eigenvalue weighted by atomic mass is 9.53. The Bertz CT molecular complexity index is 523. The molecule has 1 aliphatic carbocycles. The van der Waals surface area contributed by atoms with E-state index in [0.717, 1.165) is 30.8 Å². The molecule has 2 rings (SSSR count). The summed E-state index contributed by atoms with van der Waals surface area (Å²) in [5, 5.41) is 17.5. The number of hydrogen-bond acceptors (Lipinski definition) is 4. The van der Waals surface area contributed by atoms with E-state index in [1.165, 1.54) is 5.56 Å². The molecule has 0 aliphatic heterocycles. The molecule has 1 aliphatic rings. The van der Waals surface area contributed by atoms with E-state index in [0.29, 0.717) is 24.6 Å². The van der Waals surface area contributed by atoms with Gasteiger partial charge in [-0.05, 0) is 32.6 Å². The SMILES string of the molecule is CCC1(CC)C(NCc2c(C)nn(CCO)c2C)C(C)C1OC. The lowest BCUT2D eigenvalue weighted by Crippen LogP contribution is -2.69. The van der Waals surface area contributed by atoms with Crippen molar-refractivity contribution in [3.05, 3.63) is 17.0 Å². The predicted octanol–water partition coefficient (Wildman–Crippen LogP) is 2.42. The molecule has 0 bridgehead atoms. The summed E-state index contributed by atoms with van der Waals surface area (Å²) >= 11 is 0. The first-order chi connectivity index (χ1) is 11.0. The summed E-state index contributed by atoms with van der Waals surface area (Å²) in [6, 6.07) is 0.474. The third-order valence-electron chi connectivity index (χ3n) is 6.10. The molecule has 1 saturated carbocycles. The summed E-state index contributed by atoms with van der Waals surface area (Å²) < 4.78 is 7.68. The van der Waals surface area contributed by atoms with Crippen molar-refractivity contribution in [1.29, 1.82) is 0 Å². The van der Waals surface area contributed by atoms with Gasteiger partial charge >= 0.3 is 0 Å². The Kier molecular flexibility index (Phi) is 5.87. The zero-order valence-electron chi connectivity index (χ0n) is 15.5. The Labute approximate surface area is 140 Å². The van der Waals surface area contributed by atoms with Crippen molar-refractivity contribution in [3.63, 3.8) is 0 Å². The fourth-order valence-corrected chi connectivity index (χ4v) is 4.73. The molecule has 5 nitrogen and oxygen atoms in total. The molecule has 0 saturated heterocycles. The smallest absolute Gasteiger partial charge is 0.0682 e. The molecule has 132 valence electrons. The fourth-order valence-electron chi connectivity index (χ4n) is 4.73. The predicted molar refractivity (Wildman–Crippen MR) is 92.4 cm³/mol. The third kappa shape index (κ3) is 2.94. The first-order valence-electron chi connectivity index (χ1n) is 8.86. The normalized spacial score (nSPS) is 26.3. The molecule has 1 aromatic rings. The summed E-state index contributed by atoms with van der Waals surface area (Å²) in [6.07, 6.45) is 2.60. The second-order valence-electron chi connectivity index (χ2n) is 6.91. The standard InChI is InChI=1S/C18H33N3O2/c1-7-18(8-2)16(12(3)17(18)23-6)19-11-15-13(4)20-21(9-10-22)14(15)5/h12,16-17,19,22H,7-11H2,1-6H3. The maximum absolute atomic E-state index is 9.14. The maximum Gasteiger partial charge on any atom is 0.0682 e. The maximum atomic E-state index is 9.14. The Balaban J connectivity index is 2.11. The van der Waals surface area contributed by atoms with Crippen LogP contribution >= 0.6 is 0 Å². The number of hydrogen-bond donors (Lipinski definition) is 2. The summed E-state index contributed by atoms with van der Waals surface area (Å²) in [7, 11) is 1.84. The van der Waals surface area contributed by atoms with E-state index >= 15 is 0 Å². The minimum atomic E-state index is 0.124. The number of aliphatic hydroxyl groups excluding tert-OH is 1. The molecular weight excluding hydrogens is 290 g/mol. The zero-order valence-corrected chi connectivity index (χ0v) is 15.5. The molecule has 23 heavy (non-hydrogen) atoms. The van der Waals surface area contributed by atoms with Gasteiger partial charge in [0.25, 0.3) is 0 Å². The largest absolute Gasteiger partial charge is 0.394 e. The highest BCUT2D eigenvalue weighted by Gasteiger charge is 2.58. The van der Waals surface area contributed by atoms with E-state index in [4.69, 9.17) is 9.84 Å². The second-order valence-corrected chi connectivity index (χ2v) is 6.91. The van der Waals surface area contributed by atoms with Crippen LogP contribution in [0, 0.1) is 25.2 Å². The molecule has 5 heteroatoms. The molecule has 1 aromatic heterocycles. The second kappa shape index (κ2) is 7.32. The van der Waals surface area contributed by atoms with Gasteiger partial charge in [0, 0.05) is 36.4 Å². The summed E-state index contributed by atoms with van der Waals surface area (Å²) in [5.74, 6) is 0.521. The summed E-state index contributed by atoms with van der Waals surface area (Å²) in [5.41, 5.74) is 3.69. The molecule has 0 radical (unpaired) electrons. The molecule has 3 atom stereocenters. The van der Waals surface area contributed by atoms with Gasteiger partial charge < -0.3 is 15.2 Å². The van der Waals surface area contributed by atoms with E-state index in [2.05, 4.69) is 38.1 Å². The van der Waals surface area contributed by atoms with E-state index in [1.54, 1.807) is 0 Å². The van der Waals surface area contributed by atoms with E-state index in [1.807, 2.05) is 18.7 Å². The van der Waals surface area contributed by atoms with Gasteiger partial charge in [-0.15, -0.1) is 0 Å². The van der Waals surface area contributed by atoms with Crippen molar-refractivity contribution in [2.75, 3.05) is 13.7 Å². The van der Waals surface area contributed by atoms with Crippen LogP contribution in [0.1, 0.15) is 50.6 Å². The van der Waals surface area contributed by atoms with E-state index in [-0.39, 0.29) is 12.0 Å². The van der Waals surface area contributed by atoms with Crippen LogP contribution in [-0.2, 0) is 17.8 Å². The van der Waals surface area contributed by atoms with Crippen LogP contribution in [0.5, 0.6) is 0 Å². The van der Waals surface area contributed by atoms with Crippen molar-refractivity contribution in [1.82, 2.24) is 15.1 Å². The van der Waals surface area contributed by atoms with Crippen molar-refractivity contribution in [3.8, 4) is 0 Å². The number of ether oxygens (including phenoxy) is 1. The van der Waals surface area contributed by atoms with Crippen LogP contribution < -0.4 is 5.32 Å². The van der Waals surface area contributed by atoms with Crippen LogP contribution in [0.15, 0.2) is 0 Å². The third-order valence-corrected chi connectivity index (χ3v) is 6.10. The van der Waals surface area contributed by atoms with Gasteiger partial charge in [0.1, 0.15) is 0 Å². The first kappa shape index (κ1) is 18.4. The first-order valence-corrected chi connectivity index (χ1v) is 8.86. The lowest BCUT2D eigenvalue weighted by Gasteiger charge is -2.60. The van der Waals surface area contributed by atoms with Gasteiger partial charge in [0.2, 0.25) is 0 Å². The van der Waals surface area contributed by atoms with Crippen molar-refractivity contribution < 1.29 is 9.84 Å². The number of aliphatic hydroxyl groups is 1. The molecule has 0 aromatic carbocycles. The number of aromatic nitrogens is 2. The number of aryl methyl sites for hydroxylation is 1. The highest BCUT2D eigenvalue weighted by atomic mass is 16.5. The van der Waals surface area contributed by atoms with Crippen molar-refractivity contribution >= 4 is 0 Å². The molecule has 3 unspecified atom stereocenters. The van der Waals surface area contributed by atoms with Crippen molar-refractivity contribution in [2.24, 2.45) is 11.3 Å². The molecular formula is C18H33N3O2. The Morgan fingerprint density at radius 2 is 1.96 bits per heavy atom. The molecule has 1 heterocycles. The van der Waals surface area contributed by atoms with Crippen LogP contribution in [0.25, 0.3) is 0 Å². The van der Waals surface area contributed by atoms with Crippen molar-refractivity contribution in [2.45, 2.75) is 72.7 Å². The van der Waals surface area contributed by atoms with Gasteiger partial charge in [0.15, 0.2) is 0 Å². The van der Waals surface area contributed by atoms with Gasteiger partial charge in [-0.1, -0.05) is 20.8 Å². The molecule has 2 N–H and O–H groups in total. The van der Waals surface area contributed by atoms with E-state index < -0.39 is 0 Å². The van der Waals surface area contributed by atoms with Crippen LogP contribution in [0.2, 0.25) is 0 Å². The number of methoxy groups -OCH3 is 1. The number of nitrogens with zero attached hydrogens (tertiary/aromatic N) is 2. The Morgan fingerprint density at radius 1 is 1.30 bits per heavy atom. The molecule has 1 fully saturated rings. The number of rotatable bonds is 8. The van der Waals surface area contributed by atoms with E-state index in [9.17, 15) is 0 Å².